The SMILES string of the molecule is CCCCN(C(=O)C(C)NC(=O)OC(C)(C)C)C(C(=O)NC(C)CCC)c1cccc(O)c1. The second-order valence-electron chi connectivity index (χ2n) is 9.45. The molecule has 1 aromatic carbocycles. The van der Waals surface area contributed by atoms with Crippen LogP contribution in [0.15, 0.2) is 24.3 Å². The van der Waals surface area contributed by atoms with Gasteiger partial charge in [-0.3, -0.25) is 9.59 Å². The molecule has 0 aliphatic rings. The number of carbonyl (C=O) groups excluding carboxylic acids is 3. The number of benzene rings is 1. The first-order chi connectivity index (χ1) is 15.4. The van der Waals surface area contributed by atoms with E-state index in [1.165, 1.54) is 17.0 Å². The van der Waals surface area contributed by atoms with Gasteiger partial charge in [-0.1, -0.05) is 38.8 Å². The first-order valence-corrected chi connectivity index (χ1v) is 11.8. The Morgan fingerprint density at radius 1 is 1.09 bits per heavy atom. The molecule has 0 bridgehead atoms. The molecule has 0 aliphatic carbocycles. The lowest BCUT2D eigenvalue weighted by Gasteiger charge is -2.34. The highest BCUT2D eigenvalue weighted by molar-refractivity contribution is 5.92. The number of phenolic OH excluding ortho intramolecular Hbond substituents is 1. The second kappa shape index (κ2) is 13.1. The van der Waals surface area contributed by atoms with Crippen LogP contribution < -0.4 is 10.6 Å². The molecule has 3 atom stereocenters. The Bertz CT molecular complexity index is 790. The third kappa shape index (κ3) is 9.72. The number of hydrogen-bond donors (Lipinski definition) is 3. The Kier molecular flexibility index (Phi) is 11.2. The number of unbranched alkanes of at least 4 members (excludes halogenated alkanes) is 1. The number of phenols is 1. The highest BCUT2D eigenvalue weighted by Gasteiger charge is 2.35. The van der Waals surface area contributed by atoms with E-state index in [0.29, 0.717) is 18.5 Å². The molecule has 0 aliphatic heterocycles. The van der Waals surface area contributed by atoms with Crippen LogP contribution in [0.2, 0.25) is 0 Å². The Morgan fingerprint density at radius 2 is 1.76 bits per heavy atom. The van der Waals surface area contributed by atoms with Crippen LogP contribution in [0.3, 0.4) is 0 Å². The number of hydrogen-bond acceptors (Lipinski definition) is 5. The predicted molar refractivity (Wildman–Crippen MR) is 129 cm³/mol. The molecule has 3 amide bonds. The van der Waals surface area contributed by atoms with Gasteiger partial charge in [-0.2, -0.15) is 0 Å². The number of rotatable bonds is 11. The highest BCUT2D eigenvalue weighted by Crippen LogP contribution is 2.26. The molecule has 0 spiro atoms. The van der Waals surface area contributed by atoms with Gasteiger partial charge in [0.25, 0.3) is 0 Å². The number of amides is 3. The Labute approximate surface area is 198 Å². The van der Waals surface area contributed by atoms with Crippen LogP contribution in [-0.4, -0.2) is 52.1 Å². The van der Waals surface area contributed by atoms with Crippen LogP contribution >= 0.6 is 0 Å². The van der Waals surface area contributed by atoms with Crippen molar-refractivity contribution in [1.82, 2.24) is 15.5 Å². The highest BCUT2D eigenvalue weighted by atomic mass is 16.6. The third-order valence-electron chi connectivity index (χ3n) is 5.00. The molecule has 33 heavy (non-hydrogen) atoms. The molecule has 8 nitrogen and oxygen atoms in total. The summed E-state index contributed by atoms with van der Waals surface area (Å²) in [5.41, 5.74) is -0.196. The second-order valence-corrected chi connectivity index (χ2v) is 9.45. The largest absolute Gasteiger partial charge is 0.508 e. The molecule has 0 radical (unpaired) electrons. The first-order valence-electron chi connectivity index (χ1n) is 11.8. The fourth-order valence-electron chi connectivity index (χ4n) is 3.48. The van der Waals surface area contributed by atoms with Crippen molar-refractivity contribution in [1.29, 1.82) is 0 Å². The topological polar surface area (TPSA) is 108 Å². The van der Waals surface area contributed by atoms with Crippen molar-refractivity contribution in [2.24, 2.45) is 0 Å². The molecule has 3 unspecified atom stereocenters. The first kappa shape index (κ1) is 28.3. The van der Waals surface area contributed by atoms with Crippen LogP contribution in [0.4, 0.5) is 4.79 Å². The molecule has 186 valence electrons. The molecule has 3 N–H and O–H groups in total. The minimum Gasteiger partial charge on any atom is -0.508 e. The van der Waals surface area contributed by atoms with E-state index in [0.717, 1.165) is 19.3 Å². The number of carbonyl (C=O) groups is 3. The van der Waals surface area contributed by atoms with Crippen LogP contribution in [0.5, 0.6) is 5.75 Å². The Hall–Kier alpha value is -2.77. The lowest BCUT2D eigenvalue weighted by atomic mass is 10.0. The molecular formula is C25H41N3O5. The maximum absolute atomic E-state index is 13.5. The zero-order valence-corrected chi connectivity index (χ0v) is 21.1. The molecule has 0 saturated heterocycles. The molecule has 1 aromatic rings. The van der Waals surface area contributed by atoms with E-state index in [1.807, 2.05) is 20.8 Å². The smallest absolute Gasteiger partial charge is 0.408 e. The van der Waals surface area contributed by atoms with Gasteiger partial charge in [-0.25, -0.2) is 4.79 Å². The summed E-state index contributed by atoms with van der Waals surface area (Å²) >= 11 is 0. The lowest BCUT2D eigenvalue weighted by Crippen LogP contribution is -2.52. The number of ether oxygens (including phenoxy) is 1. The summed E-state index contributed by atoms with van der Waals surface area (Å²) < 4.78 is 5.27. The summed E-state index contributed by atoms with van der Waals surface area (Å²) in [5, 5.41) is 15.6. The lowest BCUT2D eigenvalue weighted by molar-refractivity contribution is -0.142. The summed E-state index contributed by atoms with van der Waals surface area (Å²) in [6.07, 6.45) is 2.51. The van der Waals surface area contributed by atoms with Crippen molar-refractivity contribution in [3.05, 3.63) is 29.8 Å². The molecule has 1 rings (SSSR count). The van der Waals surface area contributed by atoms with Gasteiger partial charge in [0.05, 0.1) is 0 Å². The van der Waals surface area contributed by atoms with Gasteiger partial charge in [0.1, 0.15) is 23.4 Å². The summed E-state index contributed by atoms with van der Waals surface area (Å²) in [6, 6.07) is 4.45. The minimum atomic E-state index is -0.946. The average Bonchev–Trinajstić information content (AvgIpc) is 2.68. The van der Waals surface area contributed by atoms with Crippen molar-refractivity contribution in [2.75, 3.05) is 6.54 Å². The van der Waals surface area contributed by atoms with Crippen molar-refractivity contribution < 1.29 is 24.2 Å². The van der Waals surface area contributed by atoms with E-state index in [-0.39, 0.29) is 17.7 Å². The third-order valence-corrected chi connectivity index (χ3v) is 5.00. The summed E-state index contributed by atoms with van der Waals surface area (Å²) in [7, 11) is 0. The summed E-state index contributed by atoms with van der Waals surface area (Å²) in [4.78, 5) is 40.6. The average molecular weight is 464 g/mol. The summed E-state index contributed by atoms with van der Waals surface area (Å²) in [6.45, 7) is 13.1. The Morgan fingerprint density at radius 3 is 2.30 bits per heavy atom. The van der Waals surface area contributed by atoms with Crippen molar-refractivity contribution in [3.8, 4) is 5.75 Å². The van der Waals surface area contributed by atoms with Gasteiger partial charge in [0, 0.05) is 12.6 Å². The molecule has 0 aromatic heterocycles. The Balaban J connectivity index is 3.28. The predicted octanol–water partition coefficient (Wildman–Crippen LogP) is 4.28. The maximum atomic E-state index is 13.5. The van der Waals surface area contributed by atoms with Gasteiger partial charge in [-0.15, -0.1) is 0 Å². The normalized spacial score (nSPS) is 14.0. The minimum absolute atomic E-state index is 0.00901. The van der Waals surface area contributed by atoms with Crippen LogP contribution in [0.25, 0.3) is 0 Å². The maximum Gasteiger partial charge on any atom is 0.408 e. The fraction of sp³-hybridized carbons (Fsp3) is 0.640. The number of aromatic hydroxyl groups is 1. The van der Waals surface area contributed by atoms with E-state index in [2.05, 4.69) is 10.6 Å². The fourth-order valence-corrected chi connectivity index (χ4v) is 3.48. The zero-order chi connectivity index (χ0) is 25.2. The molecule has 0 saturated carbocycles. The summed E-state index contributed by atoms with van der Waals surface area (Å²) in [5.74, 6) is -0.717. The van der Waals surface area contributed by atoms with Crippen LogP contribution in [-0.2, 0) is 14.3 Å². The van der Waals surface area contributed by atoms with Gasteiger partial charge >= 0.3 is 6.09 Å². The van der Waals surface area contributed by atoms with E-state index < -0.39 is 29.7 Å². The van der Waals surface area contributed by atoms with E-state index >= 15 is 0 Å². The van der Waals surface area contributed by atoms with E-state index in [4.69, 9.17) is 4.74 Å². The van der Waals surface area contributed by atoms with Crippen molar-refractivity contribution in [3.63, 3.8) is 0 Å². The zero-order valence-electron chi connectivity index (χ0n) is 21.1. The van der Waals surface area contributed by atoms with Gasteiger partial charge in [-0.05, 0) is 65.2 Å². The van der Waals surface area contributed by atoms with Crippen molar-refractivity contribution in [2.45, 2.75) is 97.9 Å². The molecule has 8 heteroatoms. The van der Waals surface area contributed by atoms with Gasteiger partial charge < -0.3 is 25.4 Å². The molecular weight excluding hydrogens is 422 g/mol. The molecule has 0 fully saturated rings. The number of nitrogens with one attached hydrogen (secondary N) is 2. The standard InChI is InChI=1S/C25H41N3O5/c1-8-10-15-28(23(31)18(4)27-24(32)33-25(5,6)7)21(19-13-11-14-20(29)16-19)22(30)26-17(3)12-9-2/h11,13-14,16-18,21,29H,8-10,12,15H2,1-7H3,(H,26,30)(H,27,32). The van der Waals surface area contributed by atoms with Crippen molar-refractivity contribution >= 4 is 17.9 Å². The van der Waals surface area contributed by atoms with E-state index in [1.54, 1.807) is 39.8 Å². The number of nitrogens with zero attached hydrogens (tertiary/aromatic N) is 1. The van der Waals surface area contributed by atoms with Crippen LogP contribution in [0.1, 0.15) is 85.8 Å². The van der Waals surface area contributed by atoms with Crippen LogP contribution in [0, 0.1) is 0 Å². The molecule has 0 heterocycles. The van der Waals surface area contributed by atoms with Gasteiger partial charge in [0.2, 0.25) is 11.8 Å². The van der Waals surface area contributed by atoms with Gasteiger partial charge in [0.15, 0.2) is 0 Å². The quantitative estimate of drug-likeness (QED) is 0.454. The number of alkyl carbamates (subject to hydrolysis) is 1. The monoisotopic (exact) mass is 463 g/mol. The van der Waals surface area contributed by atoms with E-state index in [9.17, 15) is 19.5 Å².